The summed E-state index contributed by atoms with van der Waals surface area (Å²) >= 11 is 5.93. The molecule has 0 aliphatic carbocycles. The van der Waals surface area contributed by atoms with Gasteiger partial charge < -0.3 is 10.1 Å². The van der Waals surface area contributed by atoms with E-state index >= 15 is 0 Å². The number of halogens is 1. The molecule has 104 valence electrons. The summed E-state index contributed by atoms with van der Waals surface area (Å²) in [4.78, 5) is 22.9. The van der Waals surface area contributed by atoms with E-state index in [1.165, 1.54) is 14.0 Å². The van der Waals surface area contributed by atoms with Crippen LogP contribution in [0.1, 0.15) is 6.92 Å². The molecule has 1 N–H and O–H groups in total. The SMILES string of the molecule is COC(=O)C(CS(=O)c1ccccc1Cl)NC(C)=O. The van der Waals surface area contributed by atoms with Crippen molar-refractivity contribution in [1.82, 2.24) is 5.32 Å². The Bertz CT molecular complexity index is 506. The van der Waals surface area contributed by atoms with Gasteiger partial charge in [-0.2, -0.15) is 0 Å². The van der Waals surface area contributed by atoms with Gasteiger partial charge in [-0.1, -0.05) is 23.7 Å². The summed E-state index contributed by atoms with van der Waals surface area (Å²) in [5.74, 6) is -1.13. The molecule has 0 bridgehead atoms. The van der Waals surface area contributed by atoms with Crippen LogP contribution in [0.25, 0.3) is 0 Å². The van der Waals surface area contributed by atoms with Crippen LogP contribution in [0.4, 0.5) is 0 Å². The predicted molar refractivity (Wildman–Crippen MR) is 72.3 cm³/mol. The van der Waals surface area contributed by atoms with E-state index in [4.69, 9.17) is 11.6 Å². The van der Waals surface area contributed by atoms with Gasteiger partial charge in [-0.25, -0.2) is 4.79 Å². The minimum absolute atomic E-state index is 0.0873. The summed E-state index contributed by atoms with van der Waals surface area (Å²) in [6.45, 7) is 1.27. The minimum atomic E-state index is -1.51. The second kappa shape index (κ2) is 7.25. The van der Waals surface area contributed by atoms with Crippen LogP contribution in [0.5, 0.6) is 0 Å². The number of ether oxygens (including phenoxy) is 1. The molecule has 0 heterocycles. The van der Waals surface area contributed by atoms with Gasteiger partial charge in [0, 0.05) is 6.92 Å². The molecule has 0 aliphatic rings. The number of hydrogen-bond donors (Lipinski definition) is 1. The Morgan fingerprint density at radius 1 is 1.42 bits per heavy atom. The van der Waals surface area contributed by atoms with Crippen LogP contribution in [0.15, 0.2) is 29.2 Å². The van der Waals surface area contributed by atoms with Gasteiger partial charge in [-0.05, 0) is 12.1 Å². The van der Waals surface area contributed by atoms with Gasteiger partial charge in [-0.15, -0.1) is 0 Å². The fraction of sp³-hybridized carbons (Fsp3) is 0.333. The lowest BCUT2D eigenvalue weighted by molar-refractivity contribution is -0.144. The van der Waals surface area contributed by atoms with Crippen molar-refractivity contribution in [3.8, 4) is 0 Å². The van der Waals surface area contributed by atoms with Crippen molar-refractivity contribution in [2.45, 2.75) is 17.9 Å². The maximum absolute atomic E-state index is 12.1. The topological polar surface area (TPSA) is 72.5 Å². The first kappa shape index (κ1) is 15.7. The number of carbonyl (C=O) groups excluding carboxylic acids is 2. The van der Waals surface area contributed by atoms with Gasteiger partial charge >= 0.3 is 5.97 Å². The van der Waals surface area contributed by atoms with Crippen molar-refractivity contribution in [3.63, 3.8) is 0 Å². The van der Waals surface area contributed by atoms with Gasteiger partial charge in [0.2, 0.25) is 5.91 Å². The fourth-order valence-corrected chi connectivity index (χ4v) is 3.04. The second-order valence-corrected chi connectivity index (χ2v) is 5.59. The highest BCUT2D eigenvalue weighted by molar-refractivity contribution is 7.85. The van der Waals surface area contributed by atoms with E-state index in [-0.39, 0.29) is 5.75 Å². The summed E-state index contributed by atoms with van der Waals surface area (Å²) in [7, 11) is -0.307. The van der Waals surface area contributed by atoms with Crippen molar-refractivity contribution < 1.29 is 18.5 Å². The first-order valence-corrected chi connectivity index (χ1v) is 7.13. The number of methoxy groups -OCH3 is 1. The van der Waals surface area contributed by atoms with E-state index in [9.17, 15) is 13.8 Å². The van der Waals surface area contributed by atoms with Crippen LogP contribution in [-0.4, -0.2) is 35.0 Å². The Kier molecular flexibility index (Phi) is 5.98. The summed E-state index contributed by atoms with van der Waals surface area (Å²) < 4.78 is 16.7. The molecule has 5 nitrogen and oxygen atoms in total. The summed E-state index contributed by atoms with van der Waals surface area (Å²) in [6, 6.07) is 5.68. The number of hydrogen-bond acceptors (Lipinski definition) is 4. The smallest absolute Gasteiger partial charge is 0.329 e. The van der Waals surface area contributed by atoms with Crippen LogP contribution in [0.3, 0.4) is 0 Å². The number of benzene rings is 1. The minimum Gasteiger partial charge on any atom is -0.467 e. The lowest BCUT2D eigenvalue weighted by Crippen LogP contribution is -2.44. The summed E-state index contributed by atoms with van der Waals surface area (Å²) in [6.07, 6.45) is 0. The molecule has 1 amide bonds. The molecule has 1 aromatic rings. The van der Waals surface area contributed by atoms with E-state index in [2.05, 4.69) is 10.1 Å². The lowest BCUT2D eigenvalue weighted by atomic mass is 10.3. The molecule has 0 saturated carbocycles. The van der Waals surface area contributed by atoms with Crippen LogP contribution in [0, 0.1) is 0 Å². The van der Waals surface area contributed by atoms with E-state index in [0.717, 1.165) is 0 Å². The van der Waals surface area contributed by atoms with Gasteiger partial charge in [0.05, 0.1) is 33.6 Å². The van der Waals surface area contributed by atoms with Gasteiger partial charge in [0.15, 0.2) is 0 Å². The van der Waals surface area contributed by atoms with E-state index in [1.54, 1.807) is 24.3 Å². The molecule has 0 aliphatic heterocycles. The largest absolute Gasteiger partial charge is 0.467 e. The Balaban J connectivity index is 2.85. The molecule has 1 rings (SSSR count). The van der Waals surface area contributed by atoms with Crippen molar-refractivity contribution in [2.24, 2.45) is 0 Å². The first-order chi connectivity index (χ1) is 8.95. The first-order valence-electron chi connectivity index (χ1n) is 5.43. The van der Waals surface area contributed by atoms with Crippen molar-refractivity contribution in [3.05, 3.63) is 29.3 Å². The van der Waals surface area contributed by atoms with Crippen LogP contribution in [-0.2, 0) is 25.1 Å². The molecule has 2 unspecified atom stereocenters. The Morgan fingerprint density at radius 3 is 2.58 bits per heavy atom. The highest BCUT2D eigenvalue weighted by atomic mass is 35.5. The molecular formula is C12H14ClNO4S. The van der Waals surface area contributed by atoms with Gasteiger partial charge in [0.25, 0.3) is 0 Å². The molecule has 19 heavy (non-hydrogen) atoms. The van der Waals surface area contributed by atoms with Gasteiger partial charge in [-0.3, -0.25) is 9.00 Å². The molecule has 1 aromatic carbocycles. The zero-order chi connectivity index (χ0) is 14.4. The van der Waals surface area contributed by atoms with Crippen molar-refractivity contribution in [2.75, 3.05) is 12.9 Å². The highest BCUT2D eigenvalue weighted by Gasteiger charge is 2.24. The molecule has 0 saturated heterocycles. The Morgan fingerprint density at radius 2 is 2.05 bits per heavy atom. The molecule has 0 radical (unpaired) electrons. The Labute approximate surface area is 118 Å². The molecule has 7 heteroatoms. The quantitative estimate of drug-likeness (QED) is 0.828. The maximum Gasteiger partial charge on any atom is 0.329 e. The average Bonchev–Trinajstić information content (AvgIpc) is 2.36. The monoisotopic (exact) mass is 303 g/mol. The van der Waals surface area contributed by atoms with E-state index in [1.807, 2.05) is 0 Å². The van der Waals surface area contributed by atoms with Gasteiger partial charge in [0.1, 0.15) is 6.04 Å². The van der Waals surface area contributed by atoms with Crippen molar-refractivity contribution in [1.29, 1.82) is 0 Å². The number of nitrogens with one attached hydrogen (secondary N) is 1. The lowest BCUT2D eigenvalue weighted by Gasteiger charge is -2.15. The van der Waals surface area contributed by atoms with Crippen LogP contribution >= 0.6 is 11.6 Å². The standard InChI is InChI=1S/C12H14ClNO4S/c1-8(15)14-10(12(16)18-2)7-19(17)11-6-4-3-5-9(11)13/h3-6,10H,7H2,1-2H3,(H,14,15). The third-order valence-corrected chi connectivity index (χ3v) is 4.19. The van der Waals surface area contributed by atoms with Crippen LogP contribution < -0.4 is 5.32 Å². The maximum atomic E-state index is 12.1. The third kappa shape index (κ3) is 4.65. The third-order valence-electron chi connectivity index (χ3n) is 2.26. The molecule has 0 aromatic heterocycles. The fourth-order valence-electron chi connectivity index (χ4n) is 1.43. The molecule has 0 fully saturated rings. The number of amides is 1. The summed E-state index contributed by atoms with van der Waals surface area (Å²) in [5, 5.41) is 2.76. The van der Waals surface area contributed by atoms with E-state index < -0.39 is 28.7 Å². The van der Waals surface area contributed by atoms with E-state index in [0.29, 0.717) is 9.92 Å². The Hall–Kier alpha value is -1.40. The summed E-state index contributed by atoms with van der Waals surface area (Å²) in [5.41, 5.74) is 0. The average molecular weight is 304 g/mol. The van der Waals surface area contributed by atoms with Crippen molar-refractivity contribution >= 4 is 34.3 Å². The van der Waals surface area contributed by atoms with Crippen LogP contribution in [0.2, 0.25) is 5.02 Å². The second-order valence-electron chi connectivity index (χ2n) is 3.72. The zero-order valence-electron chi connectivity index (χ0n) is 10.5. The molecular weight excluding hydrogens is 290 g/mol. The number of carbonyl (C=O) groups is 2. The zero-order valence-corrected chi connectivity index (χ0v) is 12.1. The number of esters is 1. The highest BCUT2D eigenvalue weighted by Crippen LogP contribution is 2.19. The normalized spacial score (nSPS) is 13.4. The molecule has 0 spiro atoms. The number of rotatable bonds is 5. The molecule has 2 atom stereocenters. The predicted octanol–water partition coefficient (Wildman–Crippen LogP) is 1.13.